The van der Waals surface area contributed by atoms with E-state index in [0.29, 0.717) is 10.7 Å². The average Bonchev–Trinajstić information content (AvgIpc) is 3.05. The molecule has 1 fully saturated rings. The van der Waals surface area contributed by atoms with E-state index in [1.807, 2.05) is 0 Å². The second-order valence-corrected chi connectivity index (χ2v) is 8.26. The van der Waals surface area contributed by atoms with Crippen molar-refractivity contribution in [2.75, 3.05) is 11.9 Å². The third-order valence-electron chi connectivity index (χ3n) is 5.11. The van der Waals surface area contributed by atoms with Crippen LogP contribution in [0.3, 0.4) is 0 Å². The number of aliphatic imine (C=N–C) groups is 1. The number of anilines is 1. The van der Waals surface area contributed by atoms with E-state index < -0.39 is 36.0 Å². The van der Waals surface area contributed by atoms with Gasteiger partial charge in [-0.2, -0.15) is 18.2 Å². The van der Waals surface area contributed by atoms with Crippen LogP contribution in [0.15, 0.2) is 47.5 Å². The Morgan fingerprint density at radius 3 is 2.55 bits per heavy atom. The van der Waals surface area contributed by atoms with Crippen LogP contribution in [-0.4, -0.2) is 41.8 Å². The van der Waals surface area contributed by atoms with Gasteiger partial charge in [0.05, 0.1) is 11.2 Å². The van der Waals surface area contributed by atoms with Gasteiger partial charge in [0.25, 0.3) is 5.91 Å². The summed E-state index contributed by atoms with van der Waals surface area (Å²) in [4.78, 5) is 16.7. The summed E-state index contributed by atoms with van der Waals surface area (Å²) in [5.74, 6) is -2.68. The van der Waals surface area contributed by atoms with E-state index in [0.717, 1.165) is 6.07 Å². The number of benzene rings is 2. The molecule has 1 heterocycles. The van der Waals surface area contributed by atoms with Gasteiger partial charge in [0.2, 0.25) is 5.96 Å². The number of guanidine groups is 1. The third kappa shape index (κ3) is 6.14. The van der Waals surface area contributed by atoms with Crippen LogP contribution >= 0.6 is 23.2 Å². The standard InChI is InChI=1S/C21H21Cl2F4N5O/c1-3-32-18(11(2)17(31-32)21(25,26)27)29-20(28-14-6-4-5-13(22)10-14)30-19(33)12-7-8-15(23)16(24)9-12/h4-11,17-18,31H,3H2,1-2H3,(H2,28,29,30,33). The number of hydrogen-bond acceptors (Lipinski definition) is 3. The van der Waals surface area contributed by atoms with Crippen molar-refractivity contribution in [2.45, 2.75) is 32.2 Å². The number of nitrogens with zero attached hydrogens (tertiary/aromatic N) is 2. The molecule has 3 N–H and O–H groups in total. The molecule has 0 spiro atoms. The van der Waals surface area contributed by atoms with Gasteiger partial charge in [-0.05, 0) is 36.4 Å². The molecule has 3 rings (SSSR count). The number of halogens is 6. The molecule has 12 heteroatoms. The molecule has 0 radical (unpaired) electrons. The van der Waals surface area contributed by atoms with Gasteiger partial charge in [0.1, 0.15) is 11.9 Å². The topological polar surface area (TPSA) is 68.8 Å². The van der Waals surface area contributed by atoms with Gasteiger partial charge in [0.15, 0.2) is 0 Å². The molecule has 2 aromatic rings. The van der Waals surface area contributed by atoms with Gasteiger partial charge in [0, 0.05) is 28.7 Å². The number of carbonyl (C=O) groups is 1. The van der Waals surface area contributed by atoms with Gasteiger partial charge in [-0.3, -0.25) is 4.79 Å². The number of alkyl halides is 3. The van der Waals surface area contributed by atoms with Crippen molar-refractivity contribution in [3.8, 4) is 0 Å². The van der Waals surface area contributed by atoms with E-state index in [2.05, 4.69) is 21.1 Å². The first kappa shape index (κ1) is 25.2. The largest absolute Gasteiger partial charge is 0.405 e. The maximum atomic E-state index is 13.8. The summed E-state index contributed by atoms with van der Waals surface area (Å²) in [7, 11) is 0. The van der Waals surface area contributed by atoms with Crippen molar-refractivity contribution in [1.29, 1.82) is 0 Å². The van der Waals surface area contributed by atoms with Crippen LogP contribution in [0.5, 0.6) is 0 Å². The number of hydrogen-bond donors (Lipinski definition) is 3. The number of amides is 1. The number of nitrogens with one attached hydrogen (secondary N) is 3. The zero-order valence-electron chi connectivity index (χ0n) is 17.6. The second-order valence-electron chi connectivity index (χ2n) is 7.41. The maximum absolute atomic E-state index is 13.8. The van der Waals surface area contributed by atoms with Crippen LogP contribution in [0, 0.1) is 11.7 Å². The summed E-state index contributed by atoms with van der Waals surface area (Å²) >= 11 is 11.7. The molecule has 1 amide bonds. The summed E-state index contributed by atoms with van der Waals surface area (Å²) in [6.45, 7) is 3.37. The van der Waals surface area contributed by atoms with Crippen molar-refractivity contribution in [2.24, 2.45) is 10.9 Å². The highest BCUT2D eigenvalue weighted by molar-refractivity contribution is 6.31. The zero-order chi connectivity index (χ0) is 24.3. The van der Waals surface area contributed by atoms with Crippen LogP contribution < -0.4 is 16.1 Å². The minimum Gasteiger partial charge on any atom is -0.339 e. The van der Waals surface area contributed by atoms with Gasteiger partial charge in [-0.1, -0.05) is 43.1 Å². The van der Waals surface area contributed by atoms with E-state index in [1.54, 1.807) is 31.2 Å². The van der Waals surface area contributed by atoms with Crippen molar-refractivity contribution >= 4 is 40.8 Å². The fraction of sp³-hybridized carbons (Fsp3) is 0.333. The Morgan fingerprint density at radius 1 is 1.21 bits per heavy atom. The molecule has 0 bridgehead atoms. The van der Waals surface area contributed by atoms with Crippen molar-refractivity contribution in [3.05, 3.63) is 63.9 Å². The van der Waals surface area contributed by atoms with Gasteiger partial charge < -0.3 is 10.6 Å². The van der Waals surface area contributed by atoms with Crippen LogP contribution in [0.25, 0.3) is 0 Å². The van der Waals surface area contributed by atoms with E-state index in [-0.39, 0.29) is 23.1 Å². The van der Waals surface area contributed by atoms with Crippen molar-refractivity contribution < 1.29 is 22.4 Å². The number of carbonyl (C=O) groups excluding carboxylic acids is 1. The minimum atomic E-state index is -4.47. The highest BCUT2D eigenvalue weighted by Crippen LogP contribution is 2.32. The molecule has 178 valence electrons. The van der Waals surface area contributed by atoms with Crippen LogP contribution in [0.1, 0.15) is 24.2 Å². The monoisotopic (exact) mass is 505 g/mol. The number of hydrazine groups is 1. The molecule has 0 saturated carbocycles. The van der Waals surface area contributed by atoms with Crippen LogP contribution in [-0.2, 0) is 0 Å². The summed E-state index contributed by atoms with van der Waals surface area (Å²) in [6.07, 6.45) is -5.33. The first-order valence-corrected chi connectivity index (χ1v) is 10.7. The molecule has 2 aromatic carbocycles. The third-order valence-corrected chi connectivity index (χ3v) is 5.65. The Labute approximate surface area is 197 Å². The van der Waals surface area contributed by atoms with Gasteiger partial charge >= 0.3 is 6.18 Å². The molecule has 0 aliphatic carbocycles. The SMILES string of the molecule is CCN1NC(C(F)(F)F)C(C)C1N/C(=N\C(=O)c1ccc(Cl)c(F)c1)Nc1cccc(Cl)c1. The predicted octanol–water partition coefficient (Wildman–Crippen LogP) is 5.06. The van der Waals surface area contributed by atoms with Gasteiger partial charge in [-0.25, -0.2) is 14.8 Å². The normalized spacial score (nSPS) is 21.8. The lowest BCUT2D eigenvalue weighted by Crippen LogP contribution is -2.51. The molecule has 3 atom stereocenters. The zero-order valence-corrected chi connectivity index (χ0v) is 19.1. The molecule has 3 unspecified atom stereocenters. The highest BCUT2D eigenvalue weighted by Gasteiger charge is 2.52. The Morgan fingerprint density at radius 2 is 1.94 bits per heavy atom. The first-order chi connectivity index (χ1) is 15.5. The summed E-state index contributed by atoms with van der Waals surface area (Å²) in [5, 5.41) is 7.37. The lowest BCUT2D eigenvalue weighted by molar-refractivity contribution is -0.163. The molecule has 6 nitrogen and oxygen atoms in total. The van der Waals surface area contributed by atoms with Crippen LogP contribution in [0.2, 0.25) is 10.0 Å². The molecule has 1 aliphatic heterocycles. The predicted molar refractivity (Wildman–Crippen MR) is 120 cm³/mol. The summed E-state index contributed by atoms with van der Waals surface area (Å²) < 4.78 is 54.1. The van der Waals surface area contributed by atoms with Crippen molar-refractivity contribution in [3.63, 3.8) is 0 Å². The lowest BCUT2D eigenvalue weighted by Gasteiger charge is -2.27. The quantitative estimate of drug-likeness (QED) is 0.307. The van der Waals surface area contributed by atoms with Gasteiger partial charge in [-0.15, -0.1) is 0 Å². The fourth-order valence-electron chi connectivity index (χ4n) is 3.45. The highest BCUT2D eigenvalue weighted by atomic mass is 35.5. The molecule has 1 aliphatic rings. The fourth-order valence-corrected chi connectivity index (χ4v) is 3.75. The molecular formula is C21H21Cl2F4N5O. The first-order valence-electron chi connectivity index (χ1n) is 9.96. The summed E-state index contributed by atoms with van der Waals surface area (Å²) in [6, 6.07) is 8.13. The minimum absolute atomic E-state index is 0.0813. The Kier molecular flexibility index (Phi) is 7.84. The molecule has 0 aromatic heterocycles. The summed E-state index contributed by atoms with van der Waals surface area (Å²) in [5.41, 5.74) is 2.81. The van der Waals surface area contributed by atoms with E-state index in [1.165, 1.54) is 24.1 Å². The Balaban J connectivity index is 1.93. The van der Waals surface area contributed by atoms with E-state index >= 15 is 0 Å². The smallest absolute Gasteiger partial charge is 0.339 e. The van der Waals surface area contributed by atoms with E-state index in [4.69, 9.17) is 23.2 Å². The maximum Gasteiger partial charge on any atom is 0.405 e. The molecule has 1 saturated heterocycles. The molecule has 33 heavy (non-hydrogen) atoms. The number of rotatable bonds is 4. The van der Waals surface area contributed by atoms with E-state index in [9.17, 15) is 22.4 Å². The lowest BCUT2D eigenvalue weighted by atomic mass is 10.0. The van der Waals surface area contributed by atoms with Crippen molar-refractivity contribution in [1.82, 2.24) is 15.8 Å². The average molecular weight is 506 g/mol. The molecular weight excluding hydrogens is 485 g/mol. The second kappa shape index (κ2) is 10.3. The Bertz CT molecular complexity index is 1050. The Hall–Kier alpha value is -2.40. The van der Waals surface area contributed by atoms with Crippen LogP contribution in [0.4, 0.5) is 23.2 Å².